The number of benzene rings is 2. The van der Waals surface area contributed by atoms with E-state index < -0.39 is 25.1 Å². The molecule has 3 N–H and O–H groups in total. The smallest absolute Gasteiger partial charge is 0.294 e. The third kappa shape index (κ3) is 12.1. The number of piperidine rings is 2. The molecule has 2 aliphatic rings. The first-order chi connectivity index (χ1) is 34.9. The Hall–Kier alpha value is -6.14. The summed E-state index contributed by atoms with van der Waals surface area (Å²) in [6.07, 6.45) is 10.8. The molecule has 0 aliphatic carbocycles. The zero-order valence-electron chi connectivity index (χ0n) is 42.4. The second-order valence-electron chi connectivity index (χ2n) is 18.7. The highest BCUT2D eigenvalue weighted by molar-refractivity contribution is 7.89. The quantitative estimate of drug-likeness (QED) is 0.0556. The normalized spacial score (nSPS) is 15.4. The van der Waals surface area contributed by atoms with Crippen molar-refractivity contribution in [1.29, 1.82) is 0 Å². The molecule has 2 saturated heterocycles. The van der Waals surface area contributed by atoms with Crippen LogP contribution in [0.25, 0.3) is 44.8 Å². The van der Waals surface area contributed by atoms with Crippen LogP contribution in [0, 0.1) is 22.0 Å². The van der Waals surface area contributed by atoms with Gasteiger partial charge < -0.3 is 38.5 Å². The largest absolute Gasteiger partial charge is 0.493 e. The lowest BCUT2D eigenvalue weighted by Crippen LogP contribution is -2.39. The number of aryl methyl sites for hydroxylation is 4. The molecule has 0 amide bonds. The molecule has 8 rings (SSSR count). The summed E-state index contributed by atoms with van der Waals surface area (Å²) >= 11 is 0. The Balaban J connectivity index is 0.000000214. The van der Waals surface area contributed by atoms with E-state index in [0.717, 1.165) is 49.7 Å². The van der Waals surface area contributed by atoms with E-state index in [1.54, 1.807) is 40.4 Å². The van der Waals surface area contributed by atoms with E-state index >= 15 is 0 Å². The number of fused-ring (bicyclic) bond motifs is 2. The Morgan fingerprint density at radius 1 is 0.671 bits per heavy atom. The molecular weight excluding hydrogens is 983 g/mol. The molecule has 0 spiro atoms. The predicted octanol–water partition coefficient (Wildman–Crippen LogP) is 6.34. The first-order valence-corrected chi connectivity index (χ1v) is 27.9. The predicted molar refractivity (Wildman–Crippen MR) is 276 cm³/mol. The number of nitrogens with one attached hydrogen (secondary N) is 2. The molecule has 23 heteroatoms. The maximum Gasteiger partial charge on any atom is 0.294 e. The third-order valence-corrected chi connectivity index (χ3v) is 17.1. The molecule has 0 unspecified atom stereocenters. The van der Waals surface area contributed by atoms with Gasteiger partial charge in [-0.15, -0.1) is 10.1 Å². The van der Waals surface area contributed by atoms with Crippen molar-refractivity contribution in [1.82, 2.24) is 37.7 Å². The molecule has 0 bridgehead atoms. The van der Waals surface area contributed by atoms with Gasteiger partial charge in [-0.05, 0) is 111 Å². The number of aliphatic hydroxyl groups excluding tert-OH is 1. The highest BCUT2D eigenvalue weighted by Gasteiger charge is 2.32. The maximum atomic E-state index is 13.5. The van der Waals surface area contributed by atoms with E-state index in [0.29, 0.717) is 96.7 Å². The van der Waals surface area contributed by atoms with Crippen molar-refractivity contribution in [2.45, 2.75) is 102 Å². The van der Waals surface area contributed by atoms with Gasteiger partial charge in [0, 0.05) is 59.3 Å². The number of rotatable bonds is 20. The average molecular weight is 1050 g/mol. The third-order valence-electron chi connectivity index (χ3n) is 13.3. The molecule has 0 atom stereocenters. The van der Waals surface area contributed by atoms with Crippen molar-refractivity contribution in [2.24, 2.45) is 25.9 Å². The highest BCUT2D eigenvalue weighted by atomic mass is 32.2. The molecule has 0 radical (unpaired) electrons. The summed E-state index contributed by atoms with van der Waals surface area (Å²) in [5.74, 6) is 1.47. The Morgan fingerprint density at radius 3 is 1.45 bits per heavy atom. The van der Waals surface area contributed by atoms with Crippen LogP contribution in [0.4, 0.5) is 0 Å². The van der Waals surface area contributed by atoms with Gasteiger partial charge in [0.05, 0.1) is 51.8 Å². The number of aromatic nitrogens is 6. The molecule has 73 heavy (non-hydrogen) atoms. The van der Waals surface area contributed by atoms with Crippen LogP contribution in [0.15, 0.2) is 68.2 Å². The summed E-state index contributed by atoms with van der Waals surface area (Å²) in [5, 5.41) is 19.0. The van der Waals surface area contributed by atoms with Gasteiger partial charge in [0.1, 0.15) is 34.2 Å². The molecule has 6 heterocycles. The summed E-state index contributed by atoms with van der Waals surface area (Å²) in [5.41, 5.74) is 4.30. The molecule has 0 saturated carbocycles. The molecule has 396 valence electrons. The zero-order valence-corrected chi connectivity index (χ0v) is 44.0. The molecular formula is C50H67N9O12S2. The monoisotopic (exact) mass is 1050 g/mol. The van der Waals surface area contributed by atoms with Crippen molar-refractivity contribution < 1.29 is 41.3 Å². The van der Waals surface area contributed by atoms with Crippen molar-refractivity contribution in [3.63, 3.8) is 0 Å². The lowest BCUT2D eigenvalue weighted by Gasteiger charge is -2.30. The van der Waals surface area contributed by atoms with Crippen LogP contribution in [-0.2, 0) is 51.8 Å². The molecule has 2 fully saturated rings. The van der Waals surface area contributed by atoms with E-state index in [4.69, 9.17) is 19.4 Å². The fourth-order valence-corrected chi connectivity index (χ4v) is 12.4. The maximum absolute atomic E-state index is 13.5. The second kappa shape index (κ2) is 23.8. The minimum Gasteiger partial charge on any atom is -0.493 e. The number of aliphatic hydroxyl groups is 1. The highest BCUT2D eigenvalue weighted by Crippen LogP contribution is 2.36. The van der Waals surface area contributed by atoms with Gasteiger partial charge in [-0.25, -0.2) is 26.8 Å². The Bertz CT molecular complexity index is 3260. The van der Waals surface area contributed by atoms with Crippen molar-refractivity contribution in [3.8, 4) is 34.3 Å². The summed E-state index contributed by atoms with van der Waals surface area (Å²) in [4.78, 5) is 56.4. The fourth-order valence-electron chi connectivity index (χ4n) is 9.41. The van der Waals surface area contributed by atoms with E-state index in [1.807, 2.05) is 33.3 Å². The van der Waals surface area contributed by atoms with Crippen molar-refractivity contribution >= 4 is 42.1 Å². The van der Waals surface area contributed by atoms with Crippen molar-refractivity contribution in [3.05, 3.63) is 90.7 Å². The SMILES string of the molecule is CCCOc1ccc(S(=O)(=O)N2CCC(CO)CC2)cc1-c1nc2c(CCC)cn(C)c2c(=O)[nH]1.CCCOc1ccc(S(=O)(=O)N2CCC(CO[N+](=O)[O-])CC2)cc1-c1nc2c(CCC)cn(C)c2c(=O)[nH]1. The zero-order chi connectivity index (χ0) is 52.6. The van der Waals surface area contributed by atoms with Gasteiger partial charge in [0.25, 0.3) is 16.2 Å². The minimum atomic E-state index is -3.87. The standard InChI is InChI=1S/C25H33N5O7S.C25H34N4O5S/c1-4-6-18-15-28(3)23-22(18)26-24(27-25(23)31)20-14-19(7-8-21(20)36-13-5-2)38(34,35)29-11-9-17(10-12-29)16-37-30(32)33;1-4-6-18-15-28(3)23-22(18)26-24(27-25(23)31)20-14-19(7-8-21(20)34-13-5-2)35(32,33)29-11-9-17(16-30)10-12-29/h7-8,14-15,17H,4-6,9-13,16H2,1-3H3,(H,26,27,31);7-8,14-15,17,30H,4-6,9-13,16H2,1-3H3,(H,26,27,31). The van der Waals surface area contributed by atoms with Crippen LogP contribution >= 0.6 is 0 Å². The summed E-state index contributed by atoms with van der Waals surface area (Å²) in [7, 11) is -4.01. The van der Waals surface area contributed by atoms with Crippen LogP contribution in [-0.4, -0.2) is 117 Å². The summed E-state index contributed by atoms with van der Waals surface area (Å²) < 4.78 is 72.1. The first kappa shape index (κ1) is 54.6. The van der Waals surface area contributed by atoms with Gasteiger partial charge in [-0.1, -0.05) is 40.5 Å². The van der Waals surface area contributed by atoms with Gasteiger partial charge in [0.2, 0.25) is 20.0 Å². The summed E-state index contributed by atoms with van der Waals surface area (Å²) in [6.45, 7) is 10.1. The summed E-state index contributed by atoms with van der Waals surface area (Å²) in [6, 6.07) is 9.31. The number of aromatic amines is 2. The lowest BCUT2D eigenvalue weighted by molar-refractivity contribution is -0.759. The number of hydrogen-bond donors (Lipinski definition) is 3. The minimum absolute atomic E-state index is 0.0461. The molecule has 2 aromatic carbocycles. The van der Waals surface area contributed by atoms with Crippen molar-refractivity contribution in [2.75, 3.05) is 52.6 Å². The molecule has 2 aliphatic heterocycles. The Kier molecular flexibility index (Phi) is 17.8. The van der Waals surface area contributed by atoms with E-state index in [-0.39, 0.29) is 70.7 Å². The van der Waals surface area contributed by atoms with Gasteiger partial charge in [-0.3, -0.25) is 9.59 Å². The van der Waals surface area contributed by atoms with Crippen LogP contribution in [0.1, 0.15) is 90.2 Å². The van der Waals surface area contributed by atoms with Gasteiger partial charge in [0.15, 0.2) is 0 Å². The van der Waals surface area contributed by atoms with Crippen LogP contribution in [0.3, 0.4) is 0 Å². The van der Waals surface area contributed by atoms with E-state index in [9.17, 15) is 41.6 Å². The van der Waals surface area contributed by atoms with E-state index in [1.165, 1.54) is 20.7 Å². The second-order valence-corrected chi connectivity index (χ2v) is 22.5. The number of ether oxygens (including phenoxy) is 2. The van der Waals surface area contributed by atoms with Crippen LogP contribution in [0.2, 0.25) is 0 Å². The van der Waals surface area contributed by atoms with Gasteiger partial charge >= 0.3 is 0 Å². The number of nitrogens with zero attached hydrogens (tertiary/aromatic N) is 7. The number of hydrogen-bond acceptors (Lipinski definition) is 14. The van der Waals surface area contributed by atoms with E-state index in [2.05, 4.69) is 28.7 Å². The number of H-pyrrole nitrogens is 2. The molecule has 21 nitrogen and oxygen atoms in total. The molecule has 6 aromatic rings. The fraction of sp³-hybridized carbons (Fsp3) is 0.520. The van der Waals surface area contributed by atoms with Crippen LogP contribution < -0.4 is 20.6 Å². The topological polar surface area (TPSA) is 267 Å². The lowest BCUT2D eigenvalue weighted by atomic mass is 9.99. The average Bonchev–Trinajstić information content (AvgIpc) is 3.88. The van der Waals surface area contributed by atoms with Crippen LogP contribution in [0.5, 0.6) is 11.5 Å². The Labute approximate surface area is 424 Å². The Morgan fingerprint density at radius 2 is 1.08 bits per heavy atom. The number of sulfonamides is 2. The first-order valence-electron chi connectivity index (χ1n) is 25.0. The molecule has 4 aromatic heterocycles. The van der Waals surface area contributed by atoms with Gasteiger partial charge in [-0.2, -0.15) is 8.61 Å².